The Hall–Kier alpha value is -1.13. The first-order valence-corrected chi connectivity index (χ1v) is 5.38. The fourth-order valence-corrected chi connectivity index (χ4v) is 1.28. The minimum atomic E-state index is -0.289. The summed E-state index contributed by atoms with van der Waals surface area (Å²) in [4.78, 5) is 0. The van der Waals surface area contributed by atoms with Crippen LogP contribution >= 0.6 is 0 Å². The van der Waals surface area contributed by atoms with Crippen LogP contribution < -0.4 is 10.1 Å². The number of hydrogen-bond donors (Lipinski definition) is 1. The van der Waals surface area contributed by atoms with Crippen LogP contribution in [-0.2, 0) is 11.3 Å². The normalized spacial score (nSPS) is 10.4. The molecular weight excluding hydrogens is 209 g/mol. The highest BCUT2D eigenvalue weighted by atomic mass is 19.1. The van der Waals surface area contributed by atoms with Gasteiger partial charge in [0.1, 0.15) is 11.6 Å². The predicted octanol–water partition coefficient (Wildman–Crippen LogP) is 1.96. The minimum absolute atomic E-state index is 0.289. The summed E-state index contributed by atoms with van der Waals surface area (Å²) in [7, 11) is 1.52. The highest BCUT2D eigenvalue weighted by molar-refractivity contribution is 5.28. The number of likely N-dealkylation sites (N-methyl/N-ethyl adjacent to an activating group) is 1. The molecule has 0 heterocycles. The van der Waals surface area contributed by atoms with Crippen molar-refractivity contribution in [2.75, 3.05) is 26.8 Å². The lowest BCUT2D eigenvalue weighted by molar-refractivity contribution is 0.120. The average Bonchev–Trinajstić information content (AvgIpc) is 2.30. The molecule has 3 nitrogen and oxygen atoms in total. The molecule has 0 saturated heterocycles. The van der Waals surface area contributed by atoms with Gasteiger partial charge in [-0.1, -0.05) is 13.0 Å². The Morgan fingerprint density at radius 3 is 2.81 bits per heavy atom. The number of rotatable bonds is 7. The first-order valence-electron chi connectivity index (χ1n) is 5.38. The Morgan fingerprint density at radius 2 is 2.19 bits per heavy atom. The van der Waals surface area contributed by atoms with Gasteiger partial charge in [-0.25, -0.2) is 4.39 Å². The second-order valence-corrected chi connectivity index (χ2v) is 3.36. The molecule has 0 aliphatic carbocycles. The lowest BCUT2D eigenvalue weighted by Gasteiger charge is -2.07. The summed E-state index contributed by atoms with van der Waals surface area (Å²) in [6.07, 6.45) is 0. The van der Waals surface area contributed by atoms with Gasteiger partial charge in [-0.15, -0.1) is 0 Å². The molecule has 1 aromatic carbocycles. The van der Waals surface area contributed by atoms with E-state index in [-0.39, 0.29) is 5.82 Å². The Kier molecular flexibility index (Phi) is 5.82. The molecule has 0 aliphatic rings. The first kappa shape index (κ1) is 12.9. The highest BCUT2D eigenvalue weighted by Gasteiger charge is 2.03. The molecule has 1 aromatic rings. The SMILES string of the molecule is CCNCCOCc1ccc(OC)cc1F. The summed E-state index contributed by atoms with van der Waals surface area (Å²) >= 11 is 0. The quantitative estimate of drug-likeness (QED) is 0.722. The third kappa shape index (κ3) is 4.16. The van der Waals surface area contributed by atoms with Crippen LogP contribution in [0, 0.1) is 5.82 Å². The molecule has 1 rings (SSSR count). The molecule has 0 aliphatic heterocycles. The molecule has 16 heavy (non-hydrogen) atoms. The van der Waals surface area contributed by atoms with Gasteiger partial charge in [0, 0.05) is 18.2 Å². The smallest absolute Gasteiger partial charge is 0.132 e. The van der Waals surface area contributed by atoms with Crippen LogP contribution in [-0.4, -0.2) is 26.8 Å². The number of halogens is 1. The number of nitrogens with one attached hydrogen (secondary N) is 1. The molecule has 0 fully saturated rings. The number of methoxy groups -OCH3 is 1. The van der Waals surface area contributed by atoms with Crippen molar-refractivity contribution in [3.05, 3.63) is 29.6 Å². The van der Waals surface area contributed by atoms with Gasteiger partial charge >= 0.3 is 0 Å². The lowest BCUT2D eigenvalue weighted by Crippen LogP contribution is -2.18. The maximum absolute atomic E-state index is 13.4. The van der Waals surface area contributed by atoms with E-state index in [1.807, 2.05) is 6.92 Å². The molecular formula is C12H18FNO2. The maximum Gasteiger partial charge on any atom is 0.132 e. The lowest BCUT2D eigenvalue weighted by atomic mass is 10.2. The zero-order valence-corrected chi connectivity index (χ0v) is 9.75. The summed E-state index contributed by atoms with van der Waals surface area (Å²) in [5.74, 6) is 0.233. The maximum atomic E-state index is 13.4. The zero-order chi connectivity index (χ0) is 11.8. The van der Waals surface area contributed by atoms with E-state index in [1.165, 1.54) is 13.2 Å². The van der Waals surface area contributed by atoms with Gasteiger partial charge in [-0.05, 0) is 12.6 Å². The summed E-state index contributed by atoms with van der Waals surface area (Å²) in [6.45, 7) is 4.61. The predicted molar refractivity (Wildman–Crippen MR) is 61.2 cm³/mol. The largest absolute Gasteiger partial charge is 0.497 e. The summed E-state index contributed by atoms with van der Waals surface area (Å²) < 4.78 is 23.7. The number of benzene rings is 1. The van der Waals surface area contributed by atoms with Crippen molar-refractivity contribution < 1.29 is 13.9 Å². The molecule has 0 aromatic heterocycles. The van der Waals surface area contributed by atoms with Crippen LogP contribution in [0.25, 0.3) is 0 Å². The molecule has 0 spiro atoms. The van der Waals surface area contributed by atoms with Crippen molar-refractivity contribution in [3.63, 3.8) is 0 Å². The van der Waals surface area contributed by atoms with Gasteiger partial charge in [0.25, 0.3) is 0 Å². The monoisotopic (exact) mass is 227 g/mol. The van der Waals surface area contributed by atoms with Gasteiger partial charge in [0.2, 0.25) is 0 Å². The van der Waals surface area contributed by atoms with E-state index in [1.54, 1.807) is 12.1 Å². The Morgan fingerprint density at radius 1 is 1.38 bits per heavy atom. The van der Waals surface area contributed by atoms with E-state index in [0.717, 1.165) is 13.1 Å². The van der Waals surface area contributed by atoms with Gasteiger partial charge in [-0.3, -0.25) is 0 Å². The Bertz CT molecular complexity index is 318. The van der Waals surface area contributed by atoms with Gasteiger partial charge in [0.15, 0.2) is 0 Å². The second-order valence-electron chi connectivity index (χ2n) is 3.36. The molecule has 0 radical (unpaired) electrons. The third-order valence-electron chi connectivity index (χ3n) is 2.19. The van der Waals surface area contributed by atoms with E-state index in [2.05, 4.69) is 5.32 Å². The fourth-order valence-electron chi connectivity index (χ4n) is 1.28. The Balaban J connectivity index is 2.36. The van der Waals surface area contributed by atoms with E-state index < -0.39 is 0 Å². The van der Waals surface area contributed by atoms with Crippen molar-refractivity contribution >= 4 is 0 Å². The highest BCUT2D eigenvalue weighted by Crippen LogP contribution is 2.16. The molecule has 0 unspecified atom stereocenters. The summed E-state index contributed by atoms with van der Waals surface area (Å²) in [5, 5.41) is 3.13. The molecule has 90 valence electrons. The van der Waals surface area contributed by atoms with Crippen molar-refractivity contribution in [2.45, 2.75) is 13.5 Å². The van der Waals surface area contributed by atoms with Crippen LogP contribution in [0.2, 0.25) is 0 Å². The zero-order valence-electron chi connectivity index (χ0n) is 9.75. The first-order chi connectivity index (χ1) is 7.77. The Labute approximate surface area is 95.6 Å². The fraction of sp³-hybridized carbons (Fsp3) is 0.500. The van der Waals surface area contributed by atoms with Gasteiger partial charge < -0.3 is 14.8 Å². The van der Waals surface area contributed by atoms with Crippen molar-refractivity contribution in [1.82, 2.24) is 5.32 Å². The van der Waals surface area contributed by atoms with Crippen molar-refractivity contribution in [2.24, 2.45) is 0 Å². The molecule has 4 heteroatoms. The minimum Gasteiger partial charge on any atom is -0.497 e. The van der Waals surface area contributed by atoms with Crippen molar-refractivity contribution in [1.29, 1.82) is 0 Å². The average molecular weight is 227 g/mol. The summed E-state index contributed by atoms with van der Waals surface area (Å²) in [5.41, 5.74) is 0.553. The molecule has 0 amide bonds. The summed E-state index contributed by atoms with van der Waals surface area (Å²) in [6, 6.07) is 4.77. The molecule has 0 bridgehead atoms. The number of ether oxygens (including phenoxy) is 2. The van der Waals surface area contributed by atoms with Gasteiger partial charge in [0.05, 0.1) is 20.3 Å². The topological polar surface area (TPSA) is 30.5 Å². The molecule has 0 saturated carbocycles. The van der Waals surface area contributed by atoms with Crippen LogP contribution in [0.3, 0.4) is 0 Å². The second kappa shape index (κ2) is 7.19. The van der Waals surface area contributed by atoms with Crippen LogP contribution in [0.5, 0.6) is 5.75 Å². The van der Waals surface area contributed by atoms with E-state index in [0.29, 0.717) is 24.5 Å². The van der Waals surface area contributed by atoms with Crippen LogP contribution in [0.4, 0.5) is 4.39 Å². The van der Waals surface area contributed by atoms with Gasteiger partial charge in [-0.2, -0.15) is 0 Å². The standard InChI is InChI=1S/C12H18FNO2/c1-3-14-6-7-16-9-10-4-5-11(15-2)8-12(10)13/h4-5,8,14H,3,6-7,9H2,1-2H3. The third-order valence-corrected chi connectivity index (χ3v) is 2.19. The van der Waals surface area contributed by atoms with Crippen molar-refractivity contribution in [3.8, 4) is 5.75 Å². The molecule has 1 N–H and O–H groups in total. The van der Waals surface area contributed by atoms with Crippen LogP contribution in [0.1, 0.15) is 12.5 Å². The van der Waals surface area contributed by atoms with E-state index in [4.69, 9.17) is 9.47 Å². The van der Waals surface area contributed by atoms with E-state index in [9.17, 15) is 4.39 Å². The molecule has 0 atom stereocenters. The number of hydrogen-bond acceptors (Lipinski definition) is 3. The van der Waals surface area contributed by atoms with Crippen LogP contribution in [0.15, 0.2) is 18.2 Å². The van der Waals surface area contributed by atoms with E-state index >= 15 is 0 Å².